The van der Waals surface area contributed by atoms with Crippen LogP contribution >= 0.6 is 22.6 Å². The second-order valence-electron chi connectivity index (χ2n) is 5.04. The highest BCUT2D eigenvalue weighted by molar-refractivity contribution is 14.1. The molecule has 0 radical (unpaired) electrons. The molecule has 0 aliphatic carbocycles. The Labute approximate surface area is 141 Å². The molecule has 0 bridgehead atoms. The summed E-state index contributed by atoms with van der Waals surface area (Å²) < 4.78 is 7.06. The quantitative estimate of drug-likeness (QED) is 0.622. The molecule has 0 heterocycles. The van der Waals surface area contributed by atoms with Gasteiger partial charge in [-0.05, 0) is 77.9 Å². The van der Waals surface area contributed by atoms with Crippen LogP contribution in [0.2, 0.25) is 0 Å². The predicted molar refractivity (Wildman–Crippen MR) is 97.0 cm³/mol. The number of ether oxygens (including phenoxy) is 1. The number of hydrogen-bond donors (Lipinski definition) is 1. The molecule has 3 heteroatoms. The third-order valence-corrected chi connectivity index (χ3v) is 4.03. The summed E-state index contributed by atoms with van der Waals surface area (Å²) in [6, 6.07) is 16.9. The lowest BCUT2D eigenvalue weighted by atomic mass is 10.0. The van der Waals surface area contributed by atoms with E-state index in [4.69, 9.17) is 4.74 Å². The van der Waals surface area contributed by atoms with Crippen molar-refractivity contribution in [2.75, 3.05) is 6.54 Å². The lowest BCUT2D eigenvalue weighted by Crippen LogP contribution is -2.21. The average molecular weight is 395 g/mol. The van der Waals surface area contributed by atoms with Crippen molar-refractivity contribution >= 4 is 22.6 Å². The van der Waals surface area contributed by atoms with Gasteiger partial charge in [-0.3, -0.25) is 0 Å². The molecule has 0 aliphatic heterocycles. The zero-order valence-electron chi connectivity index (χ0n) is 12.6. The SMILES string of the molecule is CCCNC(CC)c1ccc(Oc2cccc(I)c2)cc1. The first-order chi connectivity index (χ1) is 10.2. The lowest BCUT2D eigenvalue weighted by molar-refractivity contribution is 0.480. The maximum absolute atomic E-state index is 5.88. The van der Waals surface area contributed by atoms with Gasteiger partial charge in [-0.15, -0.1) is 0 Å². The predicted octanol–water partition coefficient (Wildman–Crippen LogP) is 5.53. The van der Waals surface area contributed by atoms with Crippen LogP contribution in [0.3, 0.4) is 0 Å². The van der Waals surface area contributed by atoms with Gasteiger partial charge < -0.3 is 10.1 Å². The van der Waals surface area contributed by atoms with Gasteiger partial charge in [0.25, 0.3) is 0 Å². The van der Waals surface area contributed by atoms with Gasteiger partial charge in [0.2, 0.25) is 0 Å². The largest absolute Gasteiger partial charge is 0.457 e. The first-order valence-corrected chi connectivity index (χ1v) is 8.57. The van der Waals surface area contributed by atoms with Gasteiger partial charge in [-0.2, -0.15) is 0 Å². The molecule has 2 rings (SSSR count). The monoisotopic (exact) mass is 395 g/mol. The summed E-state index contributed by atoms with van der Waals surface area (Å²) in [4.78, 5) is 0. The Morgan fingerprint density at radius 2 is 1.81 bits per heavy atom. The molecule has 0 saturated heterocycles. The molecule has 1 unspecified atom stereocenters. The van der Waals surface area contributed by atoms with E-state index in [0.717, 1.165) is 30.9 Å². The molecule has 112 valence electrons. The molecule has 0 amide bonds. The number of rotatable bonds is 7. The third-order valence-electron chi connectivity index (χ3n) is 3.36. The van der Waals surface area contributed by atoms with Crippen molar-refractivity contribution in [1.29, 1.82) is 0 Å². The molecule has 2 nitrogen and oxygen atoms in total. The van der Waals surface area contributed by atoms with Gasteiger partial charge in [0.05, 0.1) is 0 Å². The van der Waals surface area contributed by atoms with Crippen LogP contribution in [0.1, 0.15) is 38.3 Å². The van der Waals surface area contributed by atoms with E-state index in [0.29, 0.717) is 6.04 Å². The van der Waals surface area contributed by atoms with Gasteiger partial charge >= 0.3 is 0 Å². The van der Waals surface area contributed by atoms with Crippen molar-refractivity contribution in [3.05, 3.63) is 57.7 Å². The summed E-state index contributed by atoms with van der Waals surface area (Å²) in [5.41, 5.74) is 1.32. The highest BCUT2D eigenvalue weighted by Crippen LogP contribution is 2.25. The summed E-state index contributed by atoms with van der Waals surface area (Å²) >= 11 is 2.29. The van der Waals surface area contributed by atoms with E-state index in [1.165, 1.54) is 9.13 Å². The van der Waals surface area contributed by atoms with Crippen molar-refractivity contribution in [3.63, 3.8) is 0 Å². The minimum atomic E-state index is 0.427. The van der Waals surface area contributed by atoms with Crippen LogP contribution in [0, 0.1) is 3.57 Å². The fourth-order valence-electron chi connectivity index (χ4n) is 2.25. The number of hydrogen-bond acceptors (Lipinski definition) is 2. The van der Waals surface area contributed by atoms with Crippen LogP contribution in [0.4, 0.5) is 0 Å². The van der Waals surface area contributed by atoms with Crippen LogP contribution < -0.4 is 10.1 Å². The van der Waals surface area contributed by atoms with E-state index >= 15 is 0 Å². The van der Waals surface area contributed by atoms with Crippen LogP contribution in [0.25, 0.3) is 0 Å². The fraction of sp³-hybridized carbons (Fsp3) is 0.333. The normalized spacial score (nSPS) is 12.1. The van der Waals surface area contributed by atoms with E-state index in [9.17, 15) is 0 Å². The maximum atomic E-state index is 5.88. The summed E-state index contributed by atoms with van der Waals surface area (Å²) in [7, 11) is 0. The Kier molecular flexibility index (Phi) is 6.51. The van der Waals surface area contributed by atoms with Gasteiger partial charge in [0, 0.05) is 9.61 Å². The zero-order valence-corrected chi connectivity index (χ0v) is 14.8. The van der Waals surface area contributed by atoms with E-state index in [2.05, 4.69) is 60.0 Å². The summed E-state index contributed by atoms with van der Waals surface area (Å²) in [6.07, 6.45) is 2.25. The molecule has 0 fully saturated rings. The summed E-state index contributed by atoms with van der Waals surface area (Å²) in [6.45, 7) is 5.46. The molecular formula is C18H22INO. The van der Waals surface area contributed by atoms with Crippen molar-refractivity contribution in [2.45, 2.75) is 32.7 Å². The second-order valence-corrected chi connectivity index (χ2v) is 6.29. The topological polar surface area (TPSA) is 21.3 Å². The molecule has 21 heavy (non-hydrogen) atoms. The van der Waals surface area contributed by atoms with E-state index in [1.54, 1.807) is 0 Å². The highest BCUT2D eigenvalue weighted by Gasteiger charge is 2.08. The minimum absolute atomic E-state index is 0.427. The Morgan fingerprint density at radius 3 is 2.43 bits per heavy atom. The van der Waals surface area contributed by atoms with Crippen molar-refractivity contribution in [1.82, 2.24) is 5.32 Å². The Balaban J connectivity index is 2.04. The number of halogens is 1. The Morgan fingerprint density at radius 1 is 1.05 bits per heavy atom. The Hall–Kier alpha value is -1.07. The van der Waals surface area contributed by atoms with Gasteiger partial charge in [0.15, 0.2) is 0 Å². The van der Waals surface area contributed by atoms with E-state index in [-0.39, 0.29) is 0 Å². The highest BCUT2D eigenvalue weighted by atomic mass is 127. The molecule has 1 N–H and O–H groups in total. The first kappa shape index (κ1) is 16.3. The molecule has 2 aromatic carbocycles. The third kappa shape index (κ3) is 5.00. The van der Waals surface area contributed by atoms with Crippen molar-refractivity contribution < 1.29 is 4.74 Å². The molecule has 1 atom stereocenters. The first-order valence-electron chi connectivity index (χ1n) is 7.49. The maximum Gasteiger partial charge on any atom is 0.128 e. The van der Waals surface area contributed by atoms with Gasteiger partial charge in [-0.25, -0.2) is 0 Å². The van der Waals surface area contributed by atoms with Crippen LogP contribution in [0.15, 0.2) is 48.5 Å². The molecule has 0 aromatic heterocycles. The molecular weight excluding hydrogens is 373 g/mol. The fourth-order valence-corrected chi connectivity index (χ4v) is 2.77. The van der Waals surface area contributed by atoms with Crippen LogP contribution in [0.5, 0.6) is 11.5 Å². The average Bonchev–Trinajstić information content (AvgIpc) is 2.49. The lowest BCUT2D eigenvalue weighted by Gasteiger charge is -2.17. The standard InChI is InChI=1S/C18H22INO/c1-3-12-20-18(4-2)14-8-10-16(11-9-14)21-17-7-5-6-15(19)13-17/h5-11,13,18,20H,3-4,12H2,1-2H3. The van der Waals surface area contributed by atoms with Gasteiger partial charge in [-0.1, -0.05) is 32.0 Å². The second kappa shape index (κ2) is 8.39. The number of nitrogens with one attached hydrogen (secondary N) is 1. The van der Waals surface area contributed by atoms with Crippen LogP contribution in [-0.4, -0.2) is 6.54 Å². The summed E-state index contributed by atoms with van der Waals surface area (Å²) in [5, 5.41) is 3.57. The van der Waals surface area contributed by atoms with Crippen molar-refractivity contribution in [3.8, 4) is 11.5 Å². The smallest absolute Gasteiger partial charge is 0.128 e. The van der Waals surface area contributed by atoms with Gasteiger partial charge in [0.1, 0.15) is 11.5 Å². The molecule has 2 aromatic rings. The van der Waals surface area contributed by atoms with Crippen LogP contribution in [-0.2, 0) is 0 Å². The van der Waals surface area contributed by atoms with E-state index in [1.807, 2.05) is 30.3 Å². The summed E-state index contributed by atoms with van der Waals surface area (Å²) in [5.74, 6) is 1.76. The Bertz CT molecular complexity index is 553. The number of benzene rings is 2. The molecule has 0 spiro atoms. The van der Waals surface area contributed by atoms with E-state index < -0.39 is 0 Å². The molecule has 0 aliphatic rings. The van der Waals surface area contributed by atoms with Crippen molar-refractivity contribution in [2.24, 2.45) is 0 Å². The molecule has 0 saturated carbocycles. The minimum Gasteiger partial charge on any atom is -0.457 e. The zero-order chi connectivity index (χ0) is 15.1.